The van der Waals surface area contributed by atoms with Crippen molar-refractivity contribution in [3.63, 3.8) is 0 Å². The Morgan fingerprint density at radius 3 is 2.06 bits per heavy atom. The van der Waals surface area contributed by atoms with Crippen LogP contribution in [0.2, 0.25) is 0 Å². The topological polar surface area (TPSA) is 37.4 Å². The van der Waals surface area contributed by atoms with Crippen LogP contribution in [0.4, 0.5) is 5.82 Å². The second-order valence-corrected chi connectivity index (χ2v) is 8.20. The van der Waals surface area contributed by atoms with Crippen molar-refractivity contribution in [1.82, 2.24) is 9.88 Å². The molecule has 1 fully saturated rings. The summed E-state index contributed by atoms with van der Waals surface area (Å²) in [6, 6.07) is 31.7. The van der Waals surface area contributed by atoms with Gasteiger partial charge in [0.2, 0.25) is 0 Å². The number of hydrogen-bond acceptors (Lipinski definition) is 4. The summed E-state index contributed by atoms with van der Waals surface area (Å²) in [4.78, 5) is 6.80. The highest BCUT2D eigenvalue weighted by molar-refractivity contribution is 5.65. The quantitative estimate of drug-likeness (QED) is 0.414. The van der Waals surface area contributed by atoms with Crippen LogP contribution in [-0.2, 0) is 6.54 Å². The van der Waals surface area contributed by atoms with E-state index in [1.807, 2.05) is 31.4 Å². The van der Waals surface area contributed by atoms with E-state index >= 15 is 0 Å². The molecule has 1 aliphatic heterocycles. The molecule has 5 rings (SSSR count). The maximum Gasteiger partial charge on any atom is 0.125 e. The molecule has 4 heteroatoms. The van der Waals surface area contributed by atoms with Crippen molar-refractivity contribution in [2.24, 2.45) is 0 Å². The molecular weight excluding hydrogens is 394 g/mol. The molecule has 0 bridgehead atoms. The lowest BCUT2D eigenvalue weighted by Crippen LogP contribution is -2.53. The number of likely N-dealkylation sites (tertiary alicyclic amines) is 1. The molecule has 2 heterocycles. The molecule has 0 amide bonds. The van der Waals surface area contributed by atoms with Crippen LogP contribution in [-0.4, -0.2) is 36.1 Å². The molecule has 0 saturated carbocycles. The molecule has 4 nitrogen and oxygen atoms in total. The van der Waals surface area contributed by atoms with Crippen LogP contribution in [0.15, 0.2) is 97.2 Å². The van der Waals surface area contributed by atoms with Gasteiger partial charge in [-0.2, -0.15) is 0 Å². The molecule has 1 aromatic heterocycles. The Labute approximate surface area is 189 Å². The lowest BCUT2D eigenvalue weighted by atomic mass is 10.0. The molecule has 4 aromatic rings. The lowest BCUT2D eigenvalue weighted by Gasteiger charge is -2.39. The maximum absolute atomic E-state index is 6.16. The van der Waals surface area contributed by atoms with E-state index in [4.69, 9.17) is 4.74 Å². The number of ether oxygens (including phenoxy) is 1. The number of aromatic nitrogens is 1. The van der Waals surface area contributed by atoms with Crippen molar-refractivity contribution >= 4 is 5.82 Å². The monoisotopic (exact) mass is 421 g/mol. The van der Waals surface area contributed by atoms with Gasteiger partial charge < -0.3 is 10.1 Å². The summed E-state index contributed by atoms with van der Waals surface area (Å²) in [6.07, 6.45) is 2.14. The van der Waals surface area contributed by atoms with Gasteiger partial charge >= 0.3 is 0 Å². The zero-order chi connectivity index (χ0) is 21.8. The average Bonchev–Trinajstić information content (AvgIpc) is 2.84. The van der Waals surface area contributed by atoms with Gasteiger partial charge in [-0.05, 0) is 46.5 Å². The van der Waals surface area contributed by atoms with Crippen LogP contribution in [0.5, 0.6) is 5.75 Å². The van der Waals surface area contributed by atoms with Crippen molar-refractivity contribution in [2.75, 3.05) is 25.5 Å². The first-order chi connectivity index (χ1) is 15.8. The Hall–Kier alpha value is -3.63. The fraction of sp³-hybridized carbons (Fsp3) is 0.179. The summed E-state index contributed by atoms with van der Waals surface area (Å²) in [5.74, 6) is 1.79. The van der Waals surface area contributed by atoms with Gasteiger partial charge in [0.25, 0.3) is 0 Å². The third kappa shape index (κ3) is 4.66. The van der Waals surface area contributed by atoms with Crippen molar-refractivity contribution < 1.29 is 4.74 Å². The van der Waals surface area contributed by atoms with Gasteiger partial charge in [0, 0.05) is 38.4 Å². The Bertz CT molecular complexity index is 1130. The van der Waals surface area contributed by atoms with Crippen molar-refractivity contribution in [3.8, 4) is 28.0 Å². The highest BCUT2D eigenvalue weighted by Crippen LogP contribution is 2.26. The van der Waals surface area contributed by atoms with Gasteiger partial charge in [-0.3, -0.25) is 4.90 Å². The van der Waals surface area contributed by atoms with Crippen LogP contribution in [0.1, 0.15) is 5.56 Å². The van der Waals surface area contributed by atoms with E-state index in [1.54, 1.807) is 0 Å². The summed E-state index contributed by atoms with van der Waals surface area (Å²) in [5.41, 5.74) is 6.10. The standard InChI is InChI=1S/C28H27N3O/c1-29-28-16-13-25(17-30-28)24-11-14-26(15-12-24)32-27-19-31(20-27)18-21-7-9-23(10-8-21)22-5-3-2-4-6-22/h2-17,27H,18-20H2,1H3,(H,29,30). The van der Waals surface area contributed by atoms with E-state index in [0.29, 0.717) is 0 Å². The molecule has 0 unspecified atom stereocenters. The molecule has 1 aliphatic rings. The number of pyridine rings is 1. The summed E-state index contributed by atoms with van der Waals surface area (Å²) in [5, 5.41) is 3.04. The zero-order valence-corrected chi connectivity index (χ0v) is 18.2. The van der Waals surface area contributed by atoms with Gasteiger partial charge in [-0.25, -0.2) is 4.98 Å². The minimum atomic E-state index is 0.251. The molecule has 0 aliphatic carbocycles. The molecule has 160 valence electrons. The molecule has 3 aromatic carbocycles. The summed E-state index contributed by atoms with van der Waals surface area (Å²) in [7, 11) is 1.87. The van der Waals surface area contributed by atoms with Crippen molar-refractivity contribution in [1.29, 1.82) is 0 Å². The molecule has 0 atom stereocenters. The molecule has 1 saturated heterocycles. The first-order valence-electron chi connectivity index (χ1n) is 11.0. The second kappa shape index (κ2) is 9.25. The fourth-order valence-corrected chi connectivity index (χ4v) is 4.05. The summed E-state index contributed by atoms with van der Waals surface area (Å²) in [6.45, 7) is 2.87. The second-order valence-electron chi connectivity index (χ2n) is 8.20. The predicted molar refractivity (Wildman–Crippen MR) is 131 cm³/mol. The Kier molecular flexibility index (Phi) is 5.86. The number of rotatable bonds is 7. The number of anilines is 1. The largest absolute Gasteiger partial charge is 0.488 e. The molecule has 0 radical (unpaired) electrons. The zero-order valence-electron chi connectivity index (χ0n) is 18.2. The van der Waals surface area contributed by atoms with Crippen LogP contribution < -0.4 is 10.1 Å². The van der Waals surface area contributed by atoms with Crippen LogP contribution in [0, 0.1) is 0 Å². The highest BCUT2D eigenvalue weighted by atomic mass is 16.5. The predicted octanol–water partition coefficient (Wildman–Crippen LogP) is 5.72. The van der Waals surface area contributed by atoms with E-state index in [0.717, 1.165) is 42.3 Å². The molecule has 32 heavy (non-hydrogen) atoms. The van der Waals surface area contributed by atoms with Gasteiger partial charge in [0.1, 0.15) is 17.7 Å². The van der Waals surface area contributed by atoms with Gasteiger partial charge in [0.05, 0.1) is 0 Å². The van der Waals surface area contributed by atoms with Gasteiger partial charge in [-0.15, -0.1) is 0 Å². The van der Waals surface area contributed by atoms with E-state index < -0.39 is 0 Å². The average molecular weight is 422 g/mol. The van der Waals surface area contributed by atoms with E-state index in [9.17, 15) is 0 Å². The fourth-order valence-electron chi connectivity index (χ4n) is 4.05. The smallest absolute Gasteiger partial charge is 0.125 e. The summed E-state index contributed by atoms with van der Waals surface area (Å²) < 4.78 is 6.16. The highest BCUT2D eigenvalue weighted by Gasteiger charge is 2.28. The number of benzene rings is 3. The number of hydrogen-bond donors (Lipinski definition) is 1. The first kappa shape index (κ1) is 20.3. The lowest BCUT2D eigenvalue weighted by molar-refractivity contribution is 0.0146. The van der Waals surface area contributed by atoms with Crippen LogP contribution >= 0.6 is 0 Å². The van der Waals surface area contributed by atoms with E-state index in [-0.39, 0.29) is 6.10 Å². The van der Waals surface area contributed by atoms with Gasteiger partial charge in [-0.1, -0.05) is 66.7 Å². The van der Waals surface area contributed by atoms with Crippen molar-refractivity contribution in [2.45, 2.75) is 12.6 Å². The Morgan fingerprint density at radius 2 is 1.41 bits per heavy atom. The third-order valence-electron chi connectivity index (χ3n) is 5.90. The molecule has 1 N–H and O–H groups in total. The van der Waals surface area contributed by atoms with Crippen molar-refractivity contribution in [3.05, 3.63) is 103 Å². The minimum Gasteiger partial charge on any atom is -0.488 e. The summed E-state index contributed by atoms with van der Waals surface area (Å²) >= 11 is 0. The van der Waals surface area contributed by atoms with Crippen LogP contribution in [0.25, 0.3) is 22.3 Å². The third-order valence-corrected chi connectivity index (χ3v) is 5.90. The number of nitrogens with one attached hydrogen (secondary N) is 1. The SMILES string of the molecule is CNc1ccc(-c2ccc(OC3CN(Cc4ccc(-c5ccccc5)cc4)C3)cc2)cn1. The Balaban J connectivity index is 1.11. The molecular formula is C28H27N3O. The minimum absolute atomic E-state index is 0.251. The Morgan fingerprint density at radius 1 is 0.781 bits per heavy atom. The maximum atomic E-state index is 6.16. The molecule has 0 spiro atoms. The van der Waals surface area contributed by atoms with E-state index in [2.05, 4.69) is 88.0 Å². The van der Waals surface area contributed by atoms with E-state index in [1.165, 1.54) is 16.7 Å². The number of nitrogens with zero attached hydrogens (tertiary/aromatic N) is 2. The normalized spacial score (nSPS) is 14.0. The van der Waals surface area contributed by atoms with Crippen LogP contribution in [0.3, 0.4) is 0 Å². The van der Waals surface area contributed by atoms with Gasteiger partial charge in [0.15, 0.2) is 0 Å². The first-order valence-corrected chi connectivity index (χ1v) is 11.0.